The topological polar surface area (TPSA) is 55.2 Å². The monoisotopic (exact) mass is 258 g/mol. The lowest BCUT2D eigenvalue weighted by Crippen LogP contribution is -1.98. The second kappa shape index (κ2) is 5.80. The van der Waals surface area contributed by atoms with E-state index < -0.39 is 0 Å². The van der Waals surface area contributed by atoms with Gasteiger partial charge >= 0.3 is 0 Å². The van der Waals surface area contributed by atoms with Gasteiger partial charge in [0.05, 0.1) is 12.8 Å². The van der Waals surface area contributed by atoms with Crippen LogP contribution in [0, 0.1) is 0 Å². The Morgan fingerprint density at radius 3 is 2.68 bits per heavy atom. The van der Waals surface area contributed by atoms with Crippen molar-refractivity contribution in [3.63, 3.8) is 0 Å². The summed E-state index contributed by atoms with van der Waals surface area (Å²) in [6, 6.07) is 7.91. The second-order valence-corrected chi connectivity index (χ2v) is 4.63. The molecule has 0 aliphatic carbocycles. The molecular weight excluding hydrogens is 240 g/mol. The molecule has 0 amide bonds. The summed E-state index contributed by atoms with van der Waals surface area (Å²) in [5, 5.41) is 9.10. The van der Waals surface area contributed by atoms with Crippen molar-refractivity contribution >= 4 is 0 Å². The van der Waals surface area contributed by atoms with Gasteiger partial charge < -0.3 is 9.84 Å². The Morgan fingerprint density at radius 1 is 1.26 bits per heavy atom. The van der Waals surface area contributed by atoms with Crippen LogP contribution in [-0.4, -0.2) is 22.2 Å². The van der Waals surface area contributed by atoms with Crippen LogP contribution in [0.2, 0.25) is 0 Å². The van der Waals surface area contributed by atoms with Gasteiger partial charge in [0.15, 0.2) is 5.82 Å². The lowest BCUT2D eigenvalue weighted by atomic mass is 10.00. The number of hydrogen-bond donors (Lipinski definition) is 1. The zero-order chi connectivity index (χ0) is 13.8. The first kappa shape index (κ1) is 13.5. The van der Waals surface area contributed by atoms with Crippen LogP contribution in [0.4, 0.5) is 0 Å². The fourth-order valence-corrected chi connectivity index (χ4v) is 1.90. The number of aliphatic hydroxyl groups is 1. The molecule has 19 heavy (non-hydrogen) atoms. The number of rotatable bonds is 4. The van der Waals surface area contributed by atoms with E-state index in [4.69, 9.17) is 9.84 Å². The molecule has 2 rings (SSSR count). The molecule has 4 heteroatoms. The molecule has 1 heterocycles. The molecule has 0 aliphatic rings. The van der Waals surface area contributed by atoms with E-state index in [-0.39, 0.29) is 6.61 Å². The van der Waals surface area contributed by atoms with Crippen molar-refractivity contribution in [1.82, 2.24) is 9.97 Å². The fraction of sp³-hybridized carbons (Fsp3) is 0.333. The van der Waals surface area contributed by atoms with E-state index in [1.807, 2.05) is 18.2 Å². The second-order valence-electron chi connectivity index (χ2n) is 4.63. The van der Waals surface area contributed by atoms with Gasteiger partial charge in [-0.1, -0.05) is 19.9 Å². The Morgan fingerprint density at radius 2 is 2.05 bits per heavy atom. The van der Waals surface area contributed by atoms with Gasteiger partial charge in [0.25, 0.3) is 0 Å². The normalized spacial score (nSPS) is 10.8. The maximum absolute atomic E-state index is 9.10. The molecule has 0 bridgehead atoms. The Hall–Kier alpha value is -1.94. The third-order valence-corrected chi connectivity index (χ3v) is 3.02. The molecule has 0 saturated carbocycles. The summed E-state index contributed by atoms with van der Waals surface area (Å²) >= 11 is 0. The molecule has 0 saturated heterocycles. The lowest BCUT2D eigenvalue weighted by molar-refractivity contribution is 0.271. The van der Waals surface area contributed by atoms with Crippen molar-refractivity contribution in [2.24, 2.45) is 0 Å². The van der Waals surface area contributed by atoms with Crippen molar-refractivity contribution in [2.75, 3.05) is 7.11 Å². The minimum atomic E-state index is -0.166. The molecule has 0 spiro atoms. The third-order valence-electron chi connectivity index (χ3n) is 3.02. The Bertz CT molecular complexity index is 568. The first-order valence-corrected chi connectivity index (χ1v) is 6.26. The molecule has 0 fully saturated rings. The average Bonchev–Trinajstić information content (AvgIpc) is 2.46. The van der Waals surface area contributed by atoms with E-state index in [9.17, 15) is 0 Å². The number of benzene rings is 1. The van der Waals surface area contributed by atoms with E-state index in [0.717, 1.165) is 17.0 Å². The summed E-state index contributed by atoms with van der Waals surface area (Å²) in [6.45, 7) is 4.12. The lowest BCUT2D eigenvalue weighted by Gasteiger charge is -2.12. The Kier molecular flexibility index (Phi) is 4.12. The highest BCUT2D eigenvalue weighted by atomic mass is 16.5. The van der Waals surface area contributed by atoms with Crippen LogP contribution in [0.5, 0.6) is 5.75 Å². The molecule has 0 aliphatic heterocycles. The molecule has 0 unspecified atom stereocenters. The van der Waals surface area contributed by atoms with Gasteiger partial charge in [0.2, 0.25) is 0 Å². The van der Waals surface area contributed by atoms with Crippen LogP contribution in [0.1, 0.15) is 31.2 Å². The summed E-state index contributed by atoms with van der Waals surface area (Å²) in [6.07, 6.45) is 1.64. The third kappa shape index (κ3) is 2.90. The predicted octanol–water partition coefficient (Wildman–Crippen LogP) is 2.77. The number of hydrogen-bond acceptors (Lipinski definition) is 4. The van der Waals surface area contributed by atoms with Gasteiger partial charge in [0, 0.05) is 11.8 Å². The van der Waals surface area contributed by atoms with Gasteiger partial charge in [-0.15, -0.1) is 0 Å². The SMILES string of the molecule is COc1cc(C(C)C)ccc1-c1ccnc(CO)n1. The number of methoxy groups -OCH3 is 1. The minimum Gasteiger partial charge on any atom is -0.496 e. The van der Waals surface area contributed by atoms with Crippen LogP contribution in [0.3, 0.4) is 0 Å². The van der Waals surface area contributed by atoms with E-state index >= 15 is 0 Å². The van der Waals surface area contributed by atoms with Crippen LogP contribution in [0.15, 0.2) is 30.5 Å². The van der Waals surface area contributed by atoms with Crippen LogP contribution < -0.4 is 4.74 Å². The number of ether oxygens (including phenoxy) is 1. The zero-order valence-corrected chi connectivity index (χ0v) is 11.4. The van der Waals surface area contributed by atoms with Crippen LogP contribution >= 0.6 is 0 Å². The van der Waals surface area contributed by atoms with E-state index in [2.05, 4.69) is 29.9 Å². The number of aliphatic hydroxyl groups excluding tert-OH is 1. The molecule has 0 radical (unpaired) electrons. The van der Waals surface area contributed by atoms with Crippen molar-refractivity contribution < 1.29 is 9.84 Å². The maximum atomic E-state index is 9.10. The first-order valence-electron chi connectivity index (χ1n) is 6.26. The minimum absolute atomic E-state index is 0.166. The quantitative estimate of drug-likeness (QED) is 0.916. The molecule has 100 valence electrons. The van der Waals surface area contributed by atoms with Gasteiger partial charge in [-0.25, -0.2) is 9.97 Å². The largest absolute Gasteiger partial charge is 0.496 e. The zero-order valence-electron chi connectivity index (χ0n) is 11.4. The molecule has 4 nitrogen and oxygen atoms in total. The predicted molar refractivity (Wildman–Crippen MR) is 74.0 cm³/mol. The van der Waals surface area contributed by atoms with E-state index in [1.54, 1.807) is 13.3 Å². The Balaban J connectivity index is 2.49. The summed E-state index contributed by atoms with van der Waals surface area (Å²) in [5.74, 6) is 1.64. The van der Waals surface area contributed by atoms with Crippen molar-refractivity contribution in [3.8, 4) is 17.0 Å². The molecule has 1 aromatic carbocycles. The maximum Gasteiger partial charge on any atom is 0.154 e. The smallest absolute Gasteiger partial charge is 0.154 e. The molecular formula is C15H18N2O2. The van der Waals surface area contributed by atoms with Crippen molar-refractivity contribution in [2.45, 2.75) is 26.4 Å². The molecule has 2 aromatic rings. The number of nitrogens with zero attached hydrogens (tertiary/aromatic N) is 2. The first-order chi connectivity index (χ1) is 9.15. The van der Waals surface area contributed by atoms with Gasteiger partial charge in [0.1, 0.15) is 12.4 Å². The van der Waals surface area contributed by atoms with Crippen molar-refractivity contribution in [3.05, 3.63) is 41.9 Å². The van der Waals surface area contributed by atoms with Crippen LogP contribution in [0.25, 0.3) is 11.3 Å². The molecule has 0 atom stereocenters. The van der Waals surface area contributed by atoms with Gasteiger partial charge in [-0.05, 0) is 29.7 Å². The van der Waals surface area contributed by atoms with Crippen molar-refractivity contribution in [1.29, 1.82) is 0 Å². The van der Waals surface area contributed by atoms with Gasteiger partial charge in [-0.2, -0.15) is 0 Å². The summed E-state index contributed by atoms with van der Waals surface area (Å²) < 4.78 is 5.44. The average molecular weight is 258 g/mol. The highest BCUT2D eigenvalue weighted by Gasteiger charge is 2.10. The van der Waals surface area contributed by atoms with Crippen LogP contribution in [-0.2, 0) is 6.61 Å². The van der Waals surface area contributed by atoms with Gasteiger partial charge in [-0.3, -0.25) is 0 Å². The summed E-state index contributed by atoms with van der Waals surface area (Å²) in [4.78, 5) is 8.29. The van der Waals surface area contributed by atoms with E-state index in [1.165, 1.54) is 5.56 Å². The molecule has 1 aromatic heterocycles. The highest BCUT2D eigenvalue weighted by Crippen LogP contribution is 2.31. The molecule has 1 N–H and O–H groups in total. The summed E-state index contributed by atoms with van der Waals surface area (Å²) in [7, 11) is 1.65. The fourth-order valence-electron chi connectivity index (χ4n) is 1.90. The van der Waals surface area contributed by atoms with E-state index in [0.29, 0.717) is 11.7 Å². The summed E-state index contributed by atoms with van der Waals surface area (Å²) in [5.41, 5.74) is 2.88. The highest BCUT2D eigenvalue weighted by molar-refractivity contribution is 5.67. The Labute approximate surface area is 113 Å². The standard InChI is InChI=1S/C15H18N2O2/c1-10(2)11-4-5-12(14(8-11)19-3)13-6-7-16-15(9-18)17-13/h4-8,10,18H,9H2,1-3H3. The number of aromatic nitrogens is 2.